The second kappa shape index (κ2) is 9.97. The van der Waals surface area contributed by atoms with Gasteiger partial charge in [0.15, 0.2) is 24.4 Å². The van der Waals surface area contributed by atoms with Gasteiger partial charge >= 0.3 is 6.61 Å². The van der Waals surface area contributed by atoms with Gasteiger partial charge in [0.05, 0.1) is 17.6 Å². The number of nitro groups is 1. The lowest BCUT2D eigenvalue weighted by Crippen LogP contribution is -2.28. The van der Waals surface area contributed by atoms with Gasteiger partial charge in [-0.1, -0.05) is 6.07 Å². The number of carbonyl (C=O) groups excluding carboxylic acids is 2. The Labute approximate surface area is 163 Å². The molecule has 0 aliphatic heterocycles. The van der Waals surface area contributed by atoms with E-state index in [1.165, 1.54) is 31.4 Å². The Kier molecular flexibility index (Phi) is 7.40. The van der Waals surface area contributed by atoms with Crippen molar-refractivity contribution in [3.05, 3.63) is 57.6 Å². The zero-order valence-corrected chi connectivity index (χ0v) is 15.1. The van der Waals surface area contributed by atoms with Crippen LogP contribution in [0.25, 0.3) is 0 Å². The molecule has 0 fully saturated rings. The van der Waals surface area contributed by atoms with Crippen molar-refractivity contribution in [3.8, 4) is 17.2 Å². The average Bonchev–Trinajstić information content (AvgIpc) is 2.70. The highest BCUT2D eigenvalue weighted by molar-refractivity contribution is 5.82. The molecule has 29 heavy (non-hydrogen) atoms. The molecule has 11 heteroatoms. The van der Waals surface area contributed by atoms with Gasteiger partial charge in [0, 0.05) is 18.7 Å². The Morgan fingerprint density at radius 3 is 2.55 bits per heavy atom. The predicted molar refractivity (Wildman–Crippen MR) is 95.5 cm³/mol. The molecule has 0 bridgehead atoms. The van der Waals surface area contributed by atoms with Crippen LogP contribution in [0.1, 0.15) is 15.9 Å². The minimum absolute atomic E-state index is 0.0240. The van der Waals surface area contributed by atoms with Gasteiger partial charge in [-0.3, -0.25) is 19.7 Å². The largest absolute Gasteiger partial charge is 0.493 e. The van der Waals surface area contributed by atoms with Crippen molar-refractivity contribution in [3.63, 3.8) is 0 Å². The number of alkyl halides is 2. The van der Waals surface area contributed by atoms with Crippen molar-refractivity contribution in [1.82, 2.24) is 5.32 Å². The SMILES string of the molecule is COc1cc(CNC(=O)COc2ccc([N+](=O)[O-])cc2C=O)ccc1OC(F)F. The molecule has 0 heterocycles. The van der Waals surface area contributed by atoms with Crippen LogP contribution < -0.4 is 19.5 Å². The molecular weight excluding hydrogens is 394 g/mol. The lowest BCUT2D eigenvalue weighted by atomic mass is 10.2. The van der Waals surface area contributed by atoms with Crippen LogP contribution in [0, 0.1) is 10.1 Å². The van der Waals surface area contributed by atoms with Crippen molar-refractivity contribution in [2.75, 3.05) is 13.7 Å². The fraction of sp³-hybridized carbons (Fsp3) is 0.222. The van der Waals surface area contributed by atoms with E-state index >= 15 is 0 Å². The van der Waals surface area contributed by atoms with Crippen LogP contribution in [-0.4, -0.2) is 37.4 Å². The summed E-state index contributed by atoms with van der Waals surface area (Å²) >= 11 is 0. The summed E-state index contributed by atoms with van der Waals surface area (Å²) in [6, 6.07) is 7.60. The molecule has 2 aromatic rings. The van der Waals surface area contributed by atoms with Gasteiger partial charge < -0.3 is 19.5 Å². The number of amides is 1. The van der Waals surface area contributed by atoms with Gasteiger partial charge in [0.1, 0.15) is 5.75 Å². The minimum Gasteiger partial charge on any atom is -0.493 e. The predicted octanol–water partition coefficient (Wildman–Crippen LogP) is 2.71. The maximum Gasteiger partial charge on any atom is 0.387 e. The van der Waals surface area contributed by atoms with Crippen LogP contribution in [-0.2, 0) is 11.3 Å². The molecule has 0 aromatic heterocycles. The smallest absolute Gasteiger partial charge is 0.387 e. The van der Waals surface area contributed by atoms with Crippen molar-refractivity contribution in [2.24, 2.45) is 0 Å². The Hall–Kier alpha value is -3.76. The third kappa shape index (κ3) is 6.13. The van der Waals surface area contributed by atoms with E-state index in [0.717, 1.165) is 12.1 Å². The van der Waals surface area contributed by atoms with Crippen molar-refractivity contribution < 1.29 is 37.5 Å². The first-order valence-electron chi connectivity index (χ1n) is 8.09. The molecule has 1 N–H and O–H groups in total. The van der Waals surface area contributed by atoms with Crippen LogP contribution >= 0.6 is 0 Å². The zero-order valence-electron chi connectivity index (χ0n) is 15.1. The topological polar surface area (TPSA) is 117 Å². The highest BCUT2D eigenvalue weighted by atomic mass is 19.3. The number of nitro benzene ring substituents is 1. The number of rotatable bonds is 10. The first-order valence-corrected chi connectivity index (χ1v) is 8.09. The highest BCUT2D eigenvalue weighted by Crippen LogP contribution is 2.29. The molecule has 0 saturated carbocycles. The Bertz CT molecular complexity index is 906. The zero-order chi connectivity index (χ0) is 21.4. The number of halogens is 2. The number of benzene rings is 2. The fourth-order valence-electron chi connectivity index (χ4n) is 2.28. The summed E-state index contributed by atoms with van der Waals surface area (Å²) in [4.78, 5) is 33.0. The molecular formula is C18H16F2N2O7. The number of hydrogen-bond acceptors (Lipinski definition) is 7. The van der Waals surface area contributed by atoms with Gasteiger partial charge in [-0.05, 0) is 23.8 Å². The Morgan fingerprint density at radius 2 is 1.93 bits per heavy atom. The summed E-state index contributed by atoms with van der Waals surface area (Å²) in [6.07, 6.45) is 0.384. The first-order chi connectivity index (χ1) is 13.8. The number of methoxy groups -OCH3 is 1. The van der Waals surface area contributed by atoms with Gasteiger partial charge in [-0.25, -0.2) is 0 Å². The van der Waals surface area contributed by atoms with Crippen LogP contribution in [0.4, 0.5) is 14.5 Å². The minimum atomic E-state index is -3.00. The lowest BCUT2D eigenvalue weighted by molar-refractivity contribution is -0.384. The lowest BCUT2D eigenvalue weighted by Gasteiger charge is -2.12. The van der Waals surface area contributed by atoms with Crippen molar-refractivity contribution >= 4 is 17.9 Å². The molecule has 154 valence electrons. The van der Waals surface area contributed by atoms with Gasteiger partial charge in [-0.15, -0.1) is 0 Å². The summed E-state index contributed by atoms with van der Waals surface area (Å²) in [6.45, 7) is -3.39. The van der Waals surface area contributed by atoms with Crippen molar-refractivity contribution in [2.45, 2.75) is 13.2 Å². The number of nitrogens with zero attached hydrogens (tertiary/aromatic N) is 1. The maximum absolute atomic E-state index is 12.3. The summed E-state index contributed by atoms with van der Waals surface area (Å²) in [5, 5.41) is 13.3. The summed E-state index contributed by atoms with van der Waals surface area (Å²) in [7, 11) is 1.29. The number of aldehydes is 1. The summed E-state index contributed by atoms with van der Waals surface area (Å²) in [5.74, 6) is -0.571. The number of ether oxygens (including phenoxy) is 3. The van der Waals surface area contributed by atoms with Crippen LogP contribution in [0.15, 0.2) is 36.4 Å². The Balaban J connectivity index is 1.93. The molecule has 1 amide bonds. The van der Waals surface area contributed by atoms with Crippen molar-refractivity contribution in [1.29, 1.82) is 0 Å². The quantitative estimate of drug-likeness (QED) is 0.364. The molecule has 0 atom stereocenters. The molecule has 0 radical (unpaired) electrons. The van der Waals surface area contributed by atoms with E-state index in [9.17, 15) is 28.5 Å². The molecule has 0 aliphatic carbocycles. The normalized spacial score (nSPS) is 10.3. The van der Waals surface area contributed by atoms with Crippen LogP contribution in [0.3, 0.4) is 0 Å². The first kappa shape index (κ1) is 21.5. The monoisotopic (exact) mass is 410 g/mol. The number of non-ortho nitro benzene ring substituents is 1. The number of hydrogen-bond donors (Lipinski definition) is 1. The maximum atomic E-state index is 12.3. The van der Waals surface area contributed by atoms with E-state index in [2.05, 4.69) is 10.1 Å². The third-order valence-electron chi connectivity index (χ3n) is 3.62. The second-order valence-corrected chi connectivity index (χ2v) is 5.53. The summed E-state index contributed by atoms with van der Waals surface area (Å²) < 4.78 is 39.2. The van der Waals surface area contributed by atoms with E-state index in [-0.39, 0.29) is 35.0 Å². The van der Waals surface area contributed by atoms with Crippen LogP contribution in [0.2, 0.25) is 0 Å². The van der Waals surface area contributed by atoms with E-state index in [0.29, 0.717) is 11.8 Å². The van der Waals surface area contributed by atoms with E-state index in [4.69, 9.17) is 9.47 Å². The number of nitrogens with one attached hydrogen (secondary N) is 1. The fourth-order valence-corrected chi connectivity index (χ4v) is 2.28. The van der Waals surface area contributed by atoms with Gasteiger partial charge in [0.25, 0.3) is 11.6 Å². The molecule has 2 aromatic carbocycles. The molecule has 0 unspecified atom stereocenters. The average molecular weight is 410 g/mol. The van der Waals surface area contributed by atoms with Crippen LogP contribution in [0.5, 0.6) is 17.2 Å². The van der Waals surface area contributed by atoms with E-state index in [1.807, 2.05) is 0 Å². The molecule has 0 aliphatic rings. The van der Waals surface area contributed by atoms with Gasteiger partial charge in [0.2, 0.25) is 0 Å². The highest BCUT2D eigenvalue weighted by Gasteiger charge is 2.14. The molecule has 0 spiro atoms. The molecule has 2 rings (SSSR count). The summed E-state index contributed by atoms with van der Waals surface area (Å²) in [5.41, 5.74) is 0.212. The Morgan fingerprint density at radius 1 is 1.21 bits per heavy atom. The van der Waals surface area contributed by atoms with Gasteiger partial charge in [-0.2, -0.15) is 8.78 Å². The molecule has 9 nitrogen and oxygen atoms in total. The third-order valence-corrected chi connectivity index (χ3v) is 3.62. The standard InChI is InChI=1S/C18H16F2N2O7/c1-27-16-6-11(2-4-15(16)29-18(19)20)8-21-17(24)10-28-14-5-3-13(22(25)26)7-12(14)9-23/h2-7,9,18H,8,10H2,1H3,(H,21,24). The molecule has 0 saturated heterocycles. The number of carbonyl (C=O) groups is 2. The second-order valence-electron chi connectivity index (χ2n) is 5.53. The van der Waals surface area contributed by atoms with E-state index < -0.39 is 24.0 Å². The van der Waals surface area contributed by atoms with E-state index in [1.54, 1.807) is 0 Å².